The van der Waals surface area contributed by atoms with Crippen LogP contribution in [-0.4, -0.2) is 12.6 Å². The second-order valence-electron chi connectivity index (χ2n) is 6.41. The highest BCUT2D eigenvalue weighted by Crippen LogP contribution is 2.58. The van der Waals surface area contributed by atoms with E-state index < -0.39 is 0 Å². The molecule has 3 nitrogen and oxygen atoms in total. The maximum Gasteiger partial charge on any atom is 0.335 e. The number of rotatable bonds is 3. The molecule has 4 saturated carbocycles. The first-order valence-corrected chi connectivity index (χ1v) is 7.49. The molecule has 0 amide bonds. The van der Waals surface area contributed by atoms with E-state index in [0.29, 0.717) is 24.0 Å². The van der Waals surface area contributed by atoms with Crippen molar-refractivity contribution in [2.45, 2.75) is 39.0 Å². The molecule has 19 heavy (non-hydrogen) atoms. The molecule has 102 valence electrons. The minimum Gasteiger partial charge on any atom is -0.463 e. The van der Waals surface area contributed by atoms with Crippen LogP contribution in [0.5, 0.6) is 0 Å². The van der Waals surface area contributed by atoms with E-state index in [1.807, 2.05) is 6.92 Å². The van der Waals surface area contributed by atoms with E-state index in [4.69, 9.17) is 10.00 Å². The Morgan fingerprint density at radius 3 is 2.26 bits per heavy atom. The summed E-state index contributed by atoms with van der Waals surface area (Å²) in [5.74, 6) is 3.00. The third kappa shape index (κ3) is 2.18. The molecule has 4 bridgehead atoms. The van der Waals surface area contributed by atoms with Crippen molar-refractivity contribution in [1.82, 2.24) is 0 Å². The Bertz CT molecular complexity index is 418. The smallest absolute Gasteiger partial charge is 0.335 e. The number of hydrogen-bond acceptors (Lipinski definition) is 3. The van der Waals surface area contributed by atoms with E-state index in [1.165, 1.54) is 38.2 Å². The largest absolute Gasteiger partial charge is 0.463 e. The predicted molar refractivity (Wildman–Crippen MR) is 70.9 cm³/mol. The Labute approximate surface area is 114 Å². The van der Waals surface area contributed by atoms with Crippen molar-refractivity contribution in [3.05, 3.63) is 11.6 Å². The van der Waals surface area contributed by atoms with Crippen LogP contribution in [0.1, 0.15) is 39.0 Å². The van der Waals surface area contributed by atoms with Gasteiger partial charge in [-0.25, -0.2) is 4.79 Å². The Balaban J connectivity index is 1.85. The van der Waals surface area contributed by atoms with Crippen LogP contribution in [0.2, 0.25) is 0 Å². The highest BCUT2D eigenvalue weighted by molar-refractivity contribution is 5.89. The third-order valence-electron chi connectivity index (χ3n) is 5.32. The molecule has 0 radical (unpaired) electrons. The first-order valence-electron chi connectivity index (χ1n) is 7.49. The van der Waals surface area contributed by atoms with E-state index in [-0.39, 0.29) is 11.9 Å². The highest BCUT2D eigenvalue weighted by atomic mass is 16.5. The molecule has 4 aliphatic rings. The first kappa shape index (κ1) is 12.7. The summed E-state index contributed by atoms with van der Waals surface area (Å²) in [7, 11) is 0. The second kappa shape index (κ2) is 5.00. The minimum absolute atomic E-state index is 0.262. The van der Waals surface area contributed by atoms with Crippen molar-refractivity contribution >= 4 is 5.97 Å². The first-order chi connectivity index (χ1) is 9.22. The van der Waals surface area contributed by atoms with Gasteiger partial charge in [0.1, 0.15) is 0 Å². The van der Waals surface area contributed by atoms with E-state index in [2.05, 4.69) is 6.07 Å². The molecule has 0 unspecified atom stereocenters. The number of hydrogen-bond donors (Lipinski definition) is 0. The summed E-state index contributed by atoms with van der Waals surface area (Å²) in [6, 6.07) is 2.05. The lowest BCUT2D eigenvalue weighted by Crippen LogP contribution is -2.46. The summed E-state index contributed by atoms with van der Waals surface area (Å²) < 4.78 is 5.15. The molecule has 0 saturated heterocycles. The molecule has 4 aliphatic carbocycles. The molecule has 0 heterocycles. The normalized spacial score (nSPS) is 40.0. The summed E-state index contributed by atoms with van der Waals surface area (Å²) in [4.78, 5) is 12.1. The summed E-state index contributed by atoms with van der Waals surface area (Å²) in [5, 5.41) is 8.97. The number of allylic oxidation sites excluding steroid dienone is 1. The van der Waals surface area contributed by atoms with Gasteiger partial charge in [-0.1, -0.05) is 0 Å². The number of ether oxygens (including phenoxy) is 1. The van der Waals surface area contributed by atoms with Crippen molar-refractivity contribution in [3.8, 4) is 6.07 Å². The Morgan fingerprint density at radius 1 is 1.21 bits per heavy atom. The number of esters is 1. The average Bonchev–Trinajstić information content (AvgIpc) is 2.36. The SMILES string of the molecule is CCOC(=O)/C(=C\C#N)C1C2CC3CC(C2)CC1C3. The van der Waals surface area contributed by atoms with Gasteiger partial charge in [-0.05, 0) is 68.6 Å². The van der Waals surface area contributed by atoms with Gasteiger partial charge in [0.25, 0.3) is 0 Å². The van der Waals surface area contributed by atoms with Gasteiger partial charge in [-0.15, -0.1) is 0 Å². The molecule has 0 aliphatic heterocycles. The van der Waals surface area contributed by atoms with Gasteiger partial charge in [0.15, 0.2) is 0 Å². The van der Waals surface area contributed by atoms with E-state index in [9.17, 15) is 4.79 Å². The van der Waals surface area contributed by atoms with Crippen LogP contribution in [0.15, 0.2) is 11.6 Å². The van der Waals surface area contributed by atoms with Crippen molar-refractivity contribution in [3.63, 3.8) is 0 Å². The number of carbonyl (C=O) groups is 1. The van der Waals surface area contributed by atoms with Crippen LogP contribution in [-0.2, 0) is 9.53 Å². The van der Waals surface area contributed by atoms with Gasteiger partial charge in [0.2, 0.25) is 0 Å². The minimum atomic E-state index is -0.262. The zero-order valence-corrected chi connectivity index (χ0v) is 11.5. The molecule has 0 spiro atoms. The van der Waals surface area contributed by atoms with Crippen molar-refractivity contribution < 1.29 is 9.53 Å². The van der Waals surface area contributed by atoms with Gasteiger partial charge in [-0.2, -0.15) is 5.26 Å². The van der Waals surface area contributed by atoms with Crippen molar-refractivity contribution in [1.29, 1.82) is 5.26 Å². The lowest BCUT2D eigenvalue weighted by atomic mass is 9.50. The van der Waals surface area contributed by atoms with Crippen LogP contribution < -0.4 is 0 Å². The summed E-state index contributed by atoms with van der Waals surface area (Å²) >= 11 is 0. The monoisotopic (exact) mass is 259 g/mol. The molecule has 0 atom stereocenters. The number of nitriles is 1. The van der Waals surface area contributed by atoms with Crippen LogP contribution in [0.3, 0.4) is 0 Å². The summed E-state index contributed by atoms with van der Waals surface area (Å²) in [6.45, 7) is 2.20. The maximum absolute atomic E-state index is 12.1. The molecule has 0 N–H and O–H groups in total. The molecule has 4 rings (SSSR count). The van der Waals surface area contributed by atoms with Gasteiger partial charge >= 0.3 is 5.97 Å². The van der Waals surface area contributed by atoms with Gasteiger partial charge in [0, 0.05) is 6.08 Å². The third-order valence-corrected chi connectivity index (χ3v) is 5.32. The Morgan fingerprint density at radius 2 is 1.79 bits per heavy atom. The Hall–Kier alpha value is -1.30. The van der Waals surface area contributed by atoms with Gasteiger partial charge in [0.05, 0.1) is 18.2 Å². The maximum atomic E-state index is 12.1. The Kier molecular flexibility index (Phi) is 3.35. The molecular formula is C16H21NO2. The van der Waals surface area contributed by atoms with E-state index in [0.717, 1.165) is 11.8 Å². The van der Waals surface area contributed by atoms with Crippen LogP contribution >= 0.6 is 0 Å². The average molecular weight is 259 g/mol. The fourth-order valence-corrected chi connectivity index (χ4v) is 5.01. The zero-order valence-electron chi connectivity index (χ0n) is 11.5. The lowest BCUT2D eigenvalue weighted by molar-refractivity contribution is -0.141. The van der Waals surface area contributed by atoms with Crippen LogP contribution in [0, 0.1) is 40.9 Å². The van der Waals surface area contributed by atoms with E-state index in [1.54, 1.807) is 0 Å². The standard InChI is InChI=1S/C16H21NO2/c1-2-19-16(18)14(3-4-17)15-12-6-10-5-11(8-12)9-13(15)7-10/h3,10-13,15H,2,5-9H2,1H3/b14-3-. The molecule has 0 aromatic heterocycles. The molecule has 3 heteroatoms. The predicted octanol–water partition coefficient (Wildman–Crippen LogP) is 3.07. The number of nitrogens with zero attached hydrogens (tertiary/aromatic N) is 1. The fraction of sp³-hybridized carbons (Fsp3) is 0.750. The molecular weight excluding hydrogens is 238 g/mol. The van der Waals surface area contributed by atoms with Crippen LogP contribution in [0.4, 0.5) is 0 Å². The quantitative estimate of drug-likeness (QED) is 0.444. The molecule has 0 aromatic carbocycles. The fourth-order valence-electron chi connectivity index (χ4n) is 5.01. The highest BCUT2D eigenvalue weighted by Gasteiger charge is 2.50. The van der Waals surface area contributed by atoms with Crippen LogP contribution in [0.25, 0.3) is 0 Å². The number of carbonyl (C=O) groups excluding carboxylic acids is 1. The van der Waals surface area contributed by atoms with Crippen molar-refractivity contribution in [2.75, 3.05) is 6.61 Å². The molecule has 0 aromatic rings. The molecule has 4 fully saturated rings. The van der Waals surface area contributed by atoms with Crippen molar-refractivity contribution in [2.24, 2.45) is 29.6 Å². The lowest BCUT2D eigenvalue weighted by Gasteiger charge is -2.54. The van der Waals surface area contributed by atoms with Gasteiger partial charge < -0.3 is 4.74 Å². The zero-order chi connectivity index (χ0) is 13.4. The summed E-state index contributed by atoms with van der Waals surface area (Å²) in [5.41, 5.74) is 0.651. The van der Waals surface area contributed by atoms with Gasteiger partial charge in [-0.3, -0.25) is 0 Å². The summed E-state index contributed by atoms with van der Waals surface area (Å²) in [6.07, 6.45) is 7.85. The second-order valence-corrected chi connectivity index (χ2v) is 6.41. The topological polar surface area (TPSA) is 50.1 Å². The van der Waals surface area contributed by atoms with E-state index >= 15 is 0 Å².